The van der Waals surface area contributed by atoms with Gasteiger partial charge in [-0.1, -0.05) is 24.8 Å². The lowest BCUT2D eigenvalue weighted by Crippen LogP contribution is -2.44. The molecule has 0 saturated carbocycles. The largest absolute Gasteiger partial charge is 0.444 e. The van der Waals surface area contributed by atoms with Crippen LogP contribution in [0.5, 0.6) is 0 Å². The molecule has 1 aliphatic rings. The van der Waals surface area contributed by atoms with Crippen LogP contribution >= 0.6 is 0 Å². The maximum atomic E-state index is 14.4. The minimum Gasteiger partial charge on any atom is -0.444 e. The second-order valence-corrected chi connectivity index (χ2v) is 10.4. The Balaban J connectivity index is 1.56. The summed E-state index contributed by atoms with van der Waals surface area (Å²) in [5.74, 6) is 0.995. The molecule has 9 heteroatoms. The number of aryl methyl sites for hydroxylation is 1. The summed E-state index contributed by atoms with van der Waals surface area (Å²) >= 11 is 0. The molecule has 0 unspecified atom stereocenters. The number of imidazole rings is 1. The number of nitrogens with two attached hydrogens (primary N) is 1. The van der Waals surface area contributed by atoms with Crippen molar-refractivity contribution in [2.24, 2.45) is 10.7 Å². The Bertz CT molecular complexity index is 1420. The monoisotopic (exact) mass is 530 g/mol. The van der Waals surface area contributed by atoms with Crippen LogP contribution in [-0.2, 0) is 11.2 Å². The normalized spacial score (nSPS) is 16.2. The number of allylic oxidation sites excluding steroid dienone is 1. The molecule has 1 aliphatic heterocycles. The molecule has 0 spiro atoms. The first-order valence-electron chi connectivity index (χ1n) is 12.8. The van der Waals surface area contributed by atoms with E-state index in [1.54, 1.807) is 29.3 Å². The third kappa shape index (κ3) is 7.13. The molecule has 39 heavy (non-hydrogen) atoms. The van der Waals surface area contributed by atoms with Crippen molar-refractivity contribution in [3.05, 3.63) is 102 Å². The molecule has 8 nitrogen and oxygen atoms in total. The fourth-order valence-corrected chi connectivity index (χ4v) is 4.31. The van der Waals surface area contributed by atoms with E-state index in [9.17, 15) is 9.18 Å². The van der Waals surface area contributed by atoms with Crippen LogP contribution in [0.15, 0.2) is 89.6 Å². The zero-order chi connectivity index (χ0) is 28.2. The number of nitrogens with zero attached hydrogens (tertiary/aromatic N) is 4. The van der Waals surface area contributed by atoms with Crippen LogP contribution in [0, 0.1) is 12.7 Å². The summed E-state index contributed by atoms with van der Waals surface area (Å²) in [5, 5.41) is 3.22. The van der Waals surface area contributed by atoms with Crippen LogP contribution in [0.3, 0.4) is 0 Å². The summed E-state index contributed by atoms with van der Waals surface area (Å²) in [6.45, 7) is 12.1. The molecule has 0 radical (unpaired) electrons. The Morgan fingerprint density at radius 1 is 1.21 bits per heavy atom. The lowest BCUT2D eigenvalue weighted by Gasteiger charge is -2.32. The van der Waals surface area contributed by atoms with Gasteiger partial charge in [0.05, 0.1) is 12.3 Å². The Hall–Kier alpha value is -4.40. The highest BCUT2D eigenvalue weighted by atomic mass is 19.1. The number of aliphatic imine (C=N–C) groups is 1. The summed E-state index contributed by atoms with van der Waals surface area (Å²) in [6, 6.07) is 14.3. The maximum absolute atomic E-state index is 14.4. The van der Waals surface area contributed by atoms with Crippen molar-refractivity contribution < 1.29 is 13.9 Å². The van der Waals surface area contributed by atoms with Crippen LogP contribution in [-0.4, -0.2) is 44.9 Å². The summed E-state index contributed by atoms with van der Waals surface area (Å²) in [7, 11) is 0. The summed E-state index contributed by atoms with van der Waals surface area (Å²) < 4.78 is 21.9. The zero-order valence-electron chi connectivity index (χ0n) is 22.9. The van der Waals surface area contributed by atoms with Gasteiger partial charge in [-0.25, -0.2) is 19.2 Å². The van der Waals surface area contributed by atoms with Crippen LogP contribution in [0.4, 0.5) is 14.9 Å². The van der Waals surface area contributed by atoms with Crippen molar-refractivity contribution in [2.75, 3.05) is 18.4 Å². The molecule has 2 aromatic carbocycles. The number of halogens is 1. The molecule has 0 atom stereocenters. The molecule has 3 N–H and O–H groups in total. The molecule has 1 amide bonds. The standard InChI is InChI=1S/C30H35FN6O2/c1-20(34-23-10-12-24(13-11-23)37-17-15-33-21(37)2)35-28-14-16-36(29(38)39-30(3,4)5)19-25(28)27(32)18-22-8-6-7-9-26(22)31/h6-13,15,17,34H,1,14,16,18-19,32H2,2-5H3/b27-25-,35-28?. The fraction of sp³-hybridized carbons (Fsp3) is 0.300. The predicted octanol–water partition coefficient (Wildman–Crippen LogP) is 5.74. The van der Waals surface area contributed by atoms with Gasteiger partial charge < -0.3 is 25.3 Å². The van der Waals surface area contributed by atoms with Gasteiger partial charge in [0.2, 0.25) is 0 Å². The predicted molar refractivity (Wildman–Crippen MR) is 152 cm³/mol. The van der Waals surface area contributed by atoms with Gasteiger partial charge in [-0.05, 0) is 63.6 Å². The first-order valence-corrected chi connectivity index (χ1v) is 12.8. The van der Waals surface area contributed by atoms with Gasteiger partial charge in [0.15, 0.2) is 0 Å². The van der Waals surface area contributed by atoms with Crippen LogP contribution < -0.4 is 11.1 Å². The van der Waals surface area contributed by atoms with E-state index in [1.165, 1.54) is 6.07 Å². The van der Waals surface area contributed by atoms with Gasteiger partial charge in [-0.2, -0.15) is 0 Å². The van der Waals surface area contributed by atoms with E-state index < -0.39 is 11.7 Å². The molecular formula is C30H35FN6O2. The van der Waals surface area contributed by atoms with Gasteiger partial charge >= 0.3 is 6.09 Å². The van der Waals surface area contributed by atoms with Crippen molar-refractivity contribution in [3.63, 3.8) is 0 Å². The molecule has 1 saturated heterocycles. The third-order valence-electron chi connectivity index (χ3n) is 6.22. The number of carbonyl (C=O) groups excluding carboxylic acids is 1. The fourth-order valence-electron chi connectivity index (χ4n) is 4.31. The number of piperidine rings is 1. The number of nitrogens with one attached hydrogen (secondary N) is 1. The van der Waals surface area contributed by atoms with Gasteiger partial charge in [0.25, 0.3) is 0 Å². The molecule has 204 valence electrons. The number of amides is 1. The number of hydrogen-bond acceptors (Lipinski definition) is 6. The first kappa shape index (κ1) is 27.6. The van der Waals surface area contributed by atoms with Crippen LogP contribution in [0.2, 0.25) is 0 Å². The minimum absolute atomic E-state index is 0.193. The molecule has 3 aromatic rings. The van der Waals surface area contributed by atoms with Gasteiger partial charge in [-0.15, -0.1) is 0 Å². The number of aromatic nitrogens is 2. The Morgan fingerprint density at radius 3 is 2.56 bits per heavy atom. The van der Waals surface area contributed by atoms with Crippen molar-refractivity contribution in [2.45, 2.75) is 46.1 Å². The van der Waals surface area contributed by atoms with E-state index in [1.807, 2.05) is 62.7 Å². The van der Waals surface area contributed by atoms with E-state index in [0.717, 1.165) is 17.2 Å². The lowest BCUT2D eigenvalue weighted by molar-refractivity contribution is 0.0267. The Labute approximate surface area is 228 Å². The molecule has 4 rings (SSSR count). The second-order valence-electron chi connectivity index (χ2n) is 10.4. The number of benzene rings is 2. The SMILES string of the molecule is C=C(N=C1CCN(C(=O)OC(C)(C)C)C/C1=C(/N)Cc1ccccc1F)Nc1ccc(-n2ccnc2C)cc1. The number of ether oxygens (including phenoxy) is 1. The number of carbonyl (C=O) groups is 1. The quantitative estimate of drug-likeness (QED) is 0.424. The number of hydrogen-bond donors (Lipinski definition) is 2. The summed E-state index contributed by atoms with van der Waals surface area (Å²) in [5.41, 5.74) is 10.0. The summed E-state index contributed by atoms with van der Waals surface area (Å²) in [4.78, 5) is 23.4. The van der Waals surface area contributed by atoms with Crippen LogP contribution in [0.25, 0.3) is 5.69 Å². The van der Waals surface area contributed by atoms with Gasteiger partial charge in [0, 0.05) is 54.4 Å². The van der Waals surface area contributed by atoms with E-state index >= 15 is 0 Å². The topological polar surface area (TPSA) is 97.8 Å². The first-order chi connectivity index (χ1) is 18.5. The Kier molecular flexibility index (Phi) is 8.18. The minimum atomic E-state index is -0.627. The van der Waals surface area contributed by atoms with Crippen molar-refractivity contribution >= 4 is 17.5 Å². The van der Waals surface area contributed by atoms with Gasteiger partial charge in [0.1, 0.15) is 23.1 Å². The van der Waals surface area contributed by atoms with Crippen molar-refractivity contribution in [3.8, 4) is 5.69 Å². The average Bonchev–Trinajstić information content (AvgIpc) is 3.30. The van der Waals surface area contributed by atoms with E-state index in [2.05, 4.69) is 16.9 Å². The maximum Gasteiger partial charge on any atom is 0.410 e. The molecule has 0 aliphatic carbocycles. The highest BCUT2D eigenvalue weighted by Crippen LogP contribution is 2.23. The highest BCUT2D eigenvalue weighted by Gasteiger charge is 2.29. The third-order valence-corrected chi connectivity index (χ3v) is 6.22. The Morgan fingerprint density at radius 2 is 1.92 bits per heavy atom. The zero-order valence-corrected chi connectivity index (χ0v) is 22.9. The van der Waals surface area contributed by atoms with E-state index in [0.29, 0.717) is 41.3 Å². The number of likely N-dealkylation sites (tertiary alicyclic amines) is 1. The van der Waals surface area contributed by atoms with E-state index in [-0.39, 0.29) is 18.8 Å². The molecule has 2 heterocycles. The second kappa shape index (κ2) is 11.6. The van der Waals surface area contributed by atoms with E-state index in [4.69, 9.17) is 15.5 Å². The molecule has 1 fully saturated rings. The van der Waals surface area contributed by atoms with Crippen molar-refractivity contribution in [1.29, 1.82) is 0 Å². The summed E-state index contributed by atoms with van der Waals surface area (Å²) in [6.07, 6.45) is 3.88. The number of rotatable bonds is 6. The number of anilines is 1. The van der Waals surface area contributed by atoms with Crippen molar-refractivity contribution in [1.82, 2.24) is 14.5 Å². The van der Waals surface area contributed by atoms with Gasteiger partial charge in [-0.3, -0.25) is 0 Å². The highest BCUT2D eigenvalue weighted by molar-refractivity contribution is 6.03. The molecule has 1 aromatic heterocycles. The van der Waals surface area contributed by atoms with Crippen LogP contribution in [0.1, 0.15) is 38.6 Å². The average molecular weight is 531 g/mol. The molecule has 0 bridgehead atoms. The smallest absolute Gasteiger partial charge is 0.410 e. The lowest BCUT2D eigenvalue weighted by atomic mass is 9.97. The molecular weight excluding hydrogens is 495 g/mol.